The molecule has 2 aromatic heterocycles. The standard InChI is InChI=1S/C11H12ClN3O2S/c1-17-11(16)9-10(13)15(6-14-9)5-4-7-2-3-8(12)18-7/h2-3,6H,4-5,13H2,1H3. The first kappa shape index (κ1) is 12.9. The fourth-order valence-corrected chi connectivity index (χ4v) is 2.62. The molecule has 0 amide bonds. The molecule has 2 rings (SSSR count). The molecule has 2 aromatic rings. The van der Waals surface area contributed by atoms with E-state index in [1.807, 2.05) is 12.1 Å². The van der Waals surface area contributed by atoms with Crippen molar-refractivity contribution in [2.24, 2.45) is 0 Å². The Morgan fingerprint density at radius 3 is 3.00 bits per heavy atom. The summed E-state index contributed by atoms with van der Waals surface area (Å²) in [6, 6.07) is 3.83. The van der Waals surface area contributed by atoms with Crippen molar-refractivity contribution in [3.8, 4) is 0 Å². The summed E-state index contributed by atoms with van der Waals surface area (Å²) in [5.41, 5.74) is 5.98. The molecule has 0 spiro atoms. The predicted octanol–water partition coefficient (Wildman–Crippen LogP) is 2.21. The highest BCUT2D eigenvalue weighted by atomic mass is 35.5. The average molecular weight is 286 g/mol. The van der Waals surface area contributed by atoms with Crippen molar-refractivity contribution in [3.63, 3.8) is 0 Å². The molecule has 7 heteroatoms. The number of rotatable bonds is 4. The number of aromatic nitrogens is 2. The number of hydrogen-bond acceptors (Lipinski definition) is 5. The normalized spacial score (nSPS) is 10.6. The zero-order valence-electron chi connectivity index (χ0n) is 9.72. The minimum atomic E-state index is -0.523. The molecule has 0 aliphatic heterocycles. The molecule has 0 saturated carbocycles. The van der Waals surface area contributed by atoms with Crippen LogP contribution in [0.25, 0.3) is 0 Å². The molecule has 0 bridgehead atoms. The number of carbonyl (C=O) groups excluding carboxylic acids is 1. The highest BCUT2D eigenvalue weighted by molar-refractivity contribution is 7.16. The van der Waals surface area contributed by atoms with Gasteiger partial charge in [-0.15, -0.1) is 11.3 Å². The van der Waals surface area contributed by atoms with Crippen LogP contribution >= 0.6 is 22.9 Å². The van der Waals surface area contributed by atoms with E-state index in [1.165, 1.54) is 24.8 Å². The van der Waals surface area contributed by atoms with Gasteiger partial charge in [0.05, 0.1) is 17.8 Å². The number of halogens is 1. The molecule has 2 N–H and O–H groups in total. The second kappa shape index (κ2) is 5.41. The molecule has 0 fully saturated rings. The number of anilines is 1. The highest BCUT2D eigenvalue weighted by Crippen LogP contribution is 2.22. The van der Waals surface area contributed by atoms with Crippen LogP contribution in [0.3, 0.4) is 0 Å². The van der Waals surface area contributed by atoms with E-state index in [0.717, 1.165) is 15.6 Å². The molecule has 0 aliphatic rings. The number of ether oxygens (including phenoxy) is 1. The lowest BCUT2D eigenvalue weighted by molar-refractivity contribution is 0.0596. The fourth-order valence-electron chi connectivity index (χ4n) is 1.54. The van der Waals surface area contributed by atoms with Gasteiger partial charge < -0.3 is 15.0 Å². The second-order valence-electron chi connectivity index (χ2n) is 3.62. The van der Waals surface area contributed by atoms with Gasteiger partial charge in [-0.1, -0.05) is 11.6 Å². The number of hydrogen-bond donors (Lipinski definition) is 1. The summed E-state index contributed by atoms with van der Waals surface area (Å²) in [4.78, 5) is 16.4. The van der Waals surface area contributed by atoms with Crippen molar-refractivity contribution in [2.75, 3.05) is 12.8 Å². The van der Waals surface area contributed by atoms with Crippen LogP contribution < -0.4 is 5.73 Å². The monoisotopic (exact) mass is 285 g/mol. The van der Waals surface area contributed by atoms with Crippen LogP contribution in [0.5, 0.6) is 0 Å². The molecular weight excluding hydrogens is 274 g/mol. The lowest BCUT2D eigenvalue weighted by atomic mass is 10.3. The summed E-state index contributed by atoms with van der Waals surface area (Å²) in [5, 5.41) is 0. The summed E-state index contributed by atoms with van der Waals surface area (Å²) < 4.78 is 7.07. The number of nitrogen functional groups attached to an aromatic ring is 1. The predicted molar refractivity (Wildman–Crippen MR) is 71.0 cm³/mol. The van der Waals surface area contributed by atoms with E-state index in [1.54, 1.807) is 4.57 Å². The summed E-state index contributed by atoms with van der Waals surface area (Å²) >= 11 is 7.38. The van der Waals surface area contributed by atoms with Crippen molar-refractivity contribution in [3.05, 3.63) is 33.4 Å². The summed E-state index contributed by atoms with van der Waals surface area (Å²) in [7, 11) is 1.30. The van der Waals surface area contributed by atoms with Gasteiger partial charge in [0.25, 0.3) is 0 Å². The van der Waals surface area contributed by atoms with E-state index in [9.17, 15) is 4.79 Å². The maximum absolute atomic E-state index is 11.3. The van der Waals surface area contributed by atoms with E-state index in [2.05, 4.69) is 9.72 Å². The lowest BCUT2D eigenvalue weighted by Crippen LogP contribution is -2.09. The largest absolute Gasteiger partial charge is 0.464 e. The van der Waals surface area contributed by atoms with Gasteiger partial charge in [0.1, 0.15) is 5.82 Å². The molecule has 5 nitrogen and oxygen atoms in total. The second-order valence-corrected chi connectivity index (χ2v) is 5.42. The molecule has 0 unspecified atom stereocenters. The topological polar surface area (TPSA) is 70.1 Å². The van der Waals surface area contributed by atoms with Gasteiger partial charge in [-0.25, -0.2) is 9.78 Å². The zero-order valence-corrected chi connectivity index (χ0v) is 11.3. The first-order valence-corrected chi connectivity index (χ1v) is 6.44. The number of carbonyl (C=O) groups is 1. The molecule has 0 saturated heterocycles. The Labute approximate surface area is 113 Å². The van der Waals surface area contributed by atoms with Crippen molar-refractivity contribution < 1.29 is 9.53 Å². The number of aryl methyl sites for hydroxylation is 2. The minimum Gasteiger partial charge on any atom is -0.464 e. The van der Waals surface area contributed by atoms with E-state index in [0.29, 0.717) is 12.4 Å². The Hall–Kier alpha value is -1.53. The summed E-state index contributed by atoms with van der Waals surface area (Å²) in [6.07, 6.45) is 2.33. The number of nitrogens with zero attached hydrogens (tertiary/aromatic N) is 2. The zero-order chi connectivity index (χ0) is 13.1. The van der Waals surface area contributed by atoms with Gasteiger partial charge in [-0.3, -0.25) is 0 Å². The van der Waals surface area contributed by atoms with Crippen LogP contribution in [0.4, 0.5) is 5.82 Å². The van der Waals surface area contributed by atoms with Crippen LogP contribution in [-0.2, 0) is 17.7 Å². The number of esters is 1. The Morgan fingerprint density at radius 1 is 1.61 bits per heavy atom. The molecule has 18 heavy (non-hydrogen) atoms. The van der Waals surface area contributed by atoms with Crippen molar-refractivity contribution >= 4 is 34.7 Å². The van der Waals surface area contributed by atoms with Gasteiger partial charge in [-0.2, -0.15) is 0 Å². The van der Waals surface area contributed by atoms with Crippen LogP contribution in [-0.4, -0.2) is 22.6 Å². The third kappa shape index (κ3) is 2.65. The van der Waals surface area contributed by atoms with Crippen LogP contribution in [0, 0.1) is 0 Å². The smallest absolute Gasteiger partial charge is 0.360 e. The molecule has 96 valence electrons. The molecule has 0 aromatic carbocycles. The minimum absolute atomic E-state index is 0.154. The third-order valence-electron chi connectivity index (χ3n) is 2.48. The number of thiophene rings is 1. The van der Waals surface area contributed by atoms with Gasteiger partial charge in [0, 0.05) is 11.4 Å². The number of imidazole rings is 1. The van der Waals surface area contributed by atoms with Gasteiger partial charge in [0.15, 0.2) is 5.69 Å². The van der Waals surface area contributed by atoms with Crippen molar-refractivity contribution in [2.45, 2.75) is 13.0 Å². The third-order valence-corrected chi connectivity index (χ3v) is 3.78. The summed E-state index contributed by atoms with van der Waals surface area (Å²) in [5.74, 6) is -0.199. The maximum atomic E-state index is 11.3. The van der Waals surface area contributed by atoms with Gasteiger partial charge in [-0.05, 0) is 18.6 Å². The SMILES string of the molecule is COC(=O)c1ncn(CCc2ccc(Cl)s2)c1N. The Balaban J connectivity index is 2.06. The quantitative estimate of drug-likeness (QED) is 0.875. The number of methoxy groups -OCH3 is 1. The van der Waals surface area contributed by atoms with Crippen LogP contribution in [0.15, 0.2) is 18.5 Å². The maximum Gasteiger partial charge on any atom is 0.360 e. The molecular formula is C11H12ClN3O2S. The van der Waals surface area contributed by atoms with Crippen LogP contribution in [0.2, 0.25) is 4.34 Å². The van der Waals surface area contributed by atoms with Crippen molar-refractivity contribution in [1.82, 2.24) is 9.55 Å². The Kier molecular flexibility index (Phi) is 3.88. The Morgan fingerprint density at radius 2 is 2.39 bits per heavy atom. The average Bonchev–Trinajstić information content (AvgIpc) is 2.92. The molecule has 0 aliphatic carbocycles. The van der Waals surface area contributed by atoms with Crippen molar-refractivity contribution in [1.29, 1.82) is 0 Å². The van der Waals surface area contributed by atoms with E-state index in [-0.39, 0.29) is 5.69 Å². The van der Waals surface area contributed by atoms with Gasteiger partial charge in [0.2, 0.25) is 0 Å². The van der Waals surface area contributed by atoms with E-state index < -0.39 is 5.97 Å². The molecule has 0 atom stereocenters. The highest BCUT2D eigenvalue weighted by Gasteiger charge is 2.15. The van der Waals surface area contributed by atoms with Crippen LogP contribution in [0.1, 0.15) is 15.4 Å². The summed E-state index contributed by atoms with van der Waals surface area (Å²) in [6.45, 7) is 0.646. The molecule has 0 radical (unpaired) electrons. The number of nitrogens with two attached hydrogens (primary N) is 1. The first-order chi connectivity index (χ1) is 8.61. The van der Waals surface area contributed by atoms with Gasteiger partial charge >= 0.3 is 5.97 Å². The Bertz CT molecular complexity index is 564. The molecule has 2 heterocycles. The van der Waals surface area contributed by atoms with E-state index in [4.69, 9.17) is 17.3 Å². The fraction of sp³-hybridized carbons (Fsp3) is 0.273. The lowest BCUT2D eigenvalue weighted by Gasteiger charge is -2.04. The van der Waals surface area contributed by atoms with E-state index >= 15 is 0 Å². The first-order valence-electron chi connectivity index (χ1n) is 5.25.